The van der Waals surface area contributed by atoms with Crippen molar-refractivity contribution in [3.8, 4) is 0 Å². The van der Waals surface area contributed by atoms with Gasteiger partial charge in [0.25, 0.3) is 10.0 Å². The molecule has 0 bridgehead atoms. The Hall–Kier alpha value is -1.16. The van der Waals surface area contributed by atoms with Crippen LogP contribution in [-0.4, -0.2) is 60.6 Å². The number of sulfonamides is 1. The first-order valence-corrected chi connectivity index (χ1v) is 8.39. The number of aromatic nitrogens is 2. The van der Waals surface area contributed by atoms with Crippen LogP contribution in [0.3, 0.4) is 0 Å². The Balaban J connectivity index is 2.39. The van der Waals surface area contributed by atoms with E-state index in [-0.39, 0.29) is 29.0 Å². The molecule has 1 aromatic rings. The van der Waals surface area contributed by atoms with Gasteiger partial charge < -0.3 is 10.6 Å². The summed E-state index contributed by atoms with van der Waals surface area (Å²) in [5.41, 5.74) is 0. The third-order valence-corrected chi connectivity index (χ3v) is 5.66. The Kier molecular flexibility index (Phi) is 4.87. The summed E-state index contributed by atoms with van der Waals surface area (Å²) in [6, 6.07) is -0.797. The molecule has 0 spiro atoms. The molecule has 1 fully saturated rings. The number of hydrogen-bond donors (Lipinski definition) is 2. The maximum Gasteiger partial charge on any atom is 0.262 e. The van der Waals surface area contributed by atoms with E-state index >= 15 is 0 Å². The Morgan fingerprint density at radius 1 is 1.62 bits per heavy atom. The van der Waals surface area contributed by atoms with Gasteiger partial charge in [-0.1, -0.05) is 11.6 Å². The first-order chi connectivity index (χ1) is 9.89. The maximum atomic E-state index is 12.8. The quantitative estimate of drug-likeness (QED) is 0.749. The van der Waals surface area contributed by atoms with Crippen molar-refractivity contribution >= 4 is 27.5 Å². The van der Waals surface area contributed by atoms with Crippen LogP contribution < -0.4 is 10.6 Å². The van der Waals surface area contributed by atoms with Crippen LogP contribution in [0.1, 0.15) is 6.92 Å². The molecule has 0 radical (unpaired) electrons. The van der Waals surface area contributed by atoms with E-state index in [1.165, 1.54) is 22.2 Å². The number of carbonyl (C=O) groups is 1. The van der Waals surface area contributed by atoms with Crippen LogP contribution in [0.2, 0.25) is 5.02 Å². The number of nitrogens with one attached hydrogen (secondary N) is 2. The number of nitrogens with zero attached hydrogens (tertiary/aromatic N) is 3. The monoisotopic (exact) mass is 335 g/mol. The lowest BCUT2D eigenvalue weighted by atomic mass is 10.2. The van der Waals surface area contributed by atoms with Gasteiger partial charge in [-0.25, -0.2) is 8.42 Å². The zero-order valence-corrected chi connectivity index (χ0v) is 13.4. The van der Waals surface area contributed by atoms with Crippen molar-refractivity contribution in [3.05, 3.63) is 11.2 Å². The molecule has 1 unspecified atom stereocenters. The van der Waals surface area contributed by atoms with Gasteiger partial charge in [-0.3, -0.25) is 9.48 Å². The van der Waals surface area contributed by atoms with Crippen molar-refractivity contribution < 1.29 is 13.2 Å². The first kappa shape index (κ1) is 16.2. The van der Waals surface area contributed by atoms with E-state index in [4.69, 9.17) is 11.6 Å². The average molecular weight is 336 g/mol. The van der Waals surface area contributed by atoms with Crippen molar-refractivity contribution in [2.45, 2.75) is 18.0 Å². The zero-order valence-electron chi connectivity index (χ0n) is 11.8. The van der Waals surface area contributed by atoms with Crippen molar-refractivity contribution in [1.82, 2.24) is 24.7 Å². The van der Waals surface area contributed by atoms with E-state index in [0.29, 0.717) is 13.1 Å². The van der Waals surface area contributed by atoms with Crippen molar-refractivity contribution in [2.75, 3.05) is 26.2 Å². The SMILES string of the molecule is CCNC(=O)C1CNCCN1S(=O)(=O)c1c(Cl)cnn1C. The minimum absolute atomic E-state index is 0.0469. The molecule has 10 heteroatoms. The number of aryl methyl sites for hydroxylation is 1. The fraction of sp³-hybridized carbons (Fsp3) is 0.636. The lowest BCUT2D eigenvalue weighted by Gasteiger charge is -2.33. The highest BCUT2D eigenvalue weighted by Crippen LogP contribution is 2.25. The van der Waals surface area contributed by atoms with Crippen molar-refractivity contribution in [2.24, 2.45) is 7.05 Å². The number of rotatable bonds is 4. The molecule has 1 aliphatic rings. The lowest BCUT2D eigenvalue weighted by Crippen LogP contribution is -2.59. The highest BCUT2D eigenvalue weighted by Gasteiger charge is 2.39. The van der Waals surface area contributed by atoms with Crippen LogP contribution >= 0.6 is 11.6 Å². The average Bonchev–Trinajstić information content (AvgIpc) is 2.79. The van der Waals surface area contributed by atoms with Crippen LogP contribution in [-0.2, 0) is 21.9 Å². The zero-order chi connectivity index (χ0) is 15.6. The molecule has 0 saturated carbocycles. The highest BCUT2D eigenvalue weighted by atomic mass is 35.5. The Labute approximate surface area is 128 Å². The van der Waals surface area contributed by atoms with Gasteiger partial charge in [-0.2, -0.15) is 9.40 Å². The van der Waals surface area contributed by atoms with Crippen LogP contribution in [0.25, 0.3) is 0 Å². The van der Waals surface area contributed by atoms with E-state index in [0.717, 1.165) is 0 Å². The van der Waals surface area contributed by atoms with Gasteiger partial charge in [-0.15, -0.1) is 0 Å². The normalized spacial score (nSPS) is 20.4. The Bertz CT molecular complexity index is 610. The number of halogens is 1. The van der Waals surface area contributed by atoms with E-state index < -0.39 is 16.1 Å². The van der Waals surface area contributed by atoms with E-state index in [2.05, 4.69) is 15.7 Å². The molecule has 1 atom stereocenters. The molecule has 0 aliphatic carbocycles. The summed E-state index contributed by atoms with van der Waals surface area (Å²) in [4.78, 5) is 12.1. The second-order valence-electron chi connectivity index (χ2n) is 4.65. The van der Waals surface area contributed by atoms with Gasteiger partial charge in [0.1, 0.15) is 6.04 Å². The summed E-state index contributed by atoms with van der Waals surface area (Å²) >= 11 is 5.93. The molecule has 21 heavy (non-hydrogen) atoms. The summed E-state index contributed by atoms with van der Waals surface area (Å²) in [5, 5.41) is 9.48. The third-order valence-electron chi connectivity index (χ3n) is 3.24. The topological polar surface area (TPSA) is 96.3 Å². The summed E-state index contributed by atoms with van der Waals surface area (Å²) in [7, 11) is -2.39. The molecule has 1 aliphatic heterocycles. The predicted molar refractivity (Wildman–Crippen MR) is 77.5 cm³/mol. The fourth-order valence-electron chi connectivity index (χ4n) is 2.29. The second kappa shape index (κ2) is 6.30. The van der Waals surface area contributed by atoms with Crippen LogP contribution in [0, 0.1) is 0 Å². The molecule has 2 rings (SSSR count). The number of carbonyl (C=O) groups excluding carboxylic acids is 1. The molecule has 1 amide bonds. The van der Waals surface area contributed by atoms with Gasteiger partial charge in [0.2, 0.25) is 5.91 Å². The summed E-state index contributed by atoms with van der Waals surface area (Å²) in [6.07, 6.45) is 1.28. The maximum absolute atomic E-state index is 12.8. The van der Waals surface area contributed by atoms with E-state index in [9.17, 15) is 13.2 Å². The van der Waals surface area contributed by atoms with Crippen molar-refractivity contribution in [1.29, 1.82) is 0 Å². The fourth-order valence-corrected chi connectivity index (χ4v) is 4.49. The highest BCUT2D eigenvalue weighted by molar-refractivity contribution is 7.89. The lowest BCUT2D eigenvalue weighted by molar-refractivity contribution is -0.125. The number of hydrogen-bond acceptors (Lipinski definition) is 5. The summed E-state index contributed by atoms with van der Waals surface area (Å²) in [6.45, 7) is 3.16. The Morgan fingerprint density at radius 3 is 2.90 bits per heavy atom. The van der Waals surface area contributed by atoms with Crippen molar-refractivity contribution in [3.63, 3.8) is 0 Å². The number of amides is 1. The molecule has 1 saturated heterocycles. The van der Waals surface area contributed by atoms with Gasteiger partial charge in [0.15, 0.2) is 5.03 Å². The standard InChI is InChI=1S/C11H18ClN5O3S/c1-3-14-10(18)9-7-13-4-5-17(9)21(19,20)11-8(12)6-15-16(11)2/h6,9,13H,3-5,7H2,1-2H3,(H,14,18). The van der Waals surface area contributed by atoms with E-state index in [1.54, 1.807) is 6.92 Å². The smallest absolute Gasteiger partial charge is 0.262 e. The van der Waals surface area contributed by atoms with Crippen LogP contribution in [0.5, 0.6) is 0 Å². The Morgan fingerprint density at radius 2 is 2.33 bits per heavy atom. The van der Waals surface area contributed by atoms with Gasteiger partial charge in [0, 0.05) is 33.2 Å². The molecule has 0 aromatic carbocycles. The summed E-state index contributed by atoms with van der Waals surface area (Å²) in [5.74, 6) is -0.327. The molecule has 1 aromatic heterocycles. The third kappa shape index (κ3) is 3.05. The predicted octanol–water partition coefficient (Wildman–Crippen LogP) is -0.828. The molecule has 2 N–H and O–H groups in total. The molecule has 2 heterocycles. The van der Waals surface area contributed by atoms with Gasteiger partial charge >= 0.3 is 0 Å². The molecular formula is C11H18ClN5O3S. The van der Waals surface area contributed by atoms with Crippen LogP contribution in [0.4, 0.5) is 0 Å². The number of piperazine rings is 1. The second-order valence-corrected chi connectivity index (χ2v) is 6.86. The molecule has 118 valence electrons. The van der Waals surface area contributed by atoms with Crippen LogP contribution in [0.15, 0.2) is 11.2 Å². The van der Waals surface area contributed by atoms with Gasteiger partial charge in [-0.05, 0) is 6.92 Å². The molecular weight excluding hydrogens is 318 g/mol. The minimum atomic E-state index is -3.89. The molecule has 8 nitrogen and oxygen atoms in total. The first-order valence-electron chi connectivity index (χ1n) is 6.57. The van der Waals surface area contributed by atoms with Gasteiger partial charge in [0.05, 0.1) is 11.2 Å². The number of likely N-dealkylation sites (N-methyl/N-ethyl adjacent to an activating group) is 1. The minimum Gasteiger partial charge on any atom is -0.355 e. The summed E-state index contributed by atoms with van der Waals surface area (Å²) < 4.78 is 27.9. The largest absolute Gasteiger partial charge is 0.355 e. The van der Waals surface area contributed by atoms with E-state index in [1.807, 2.05) is 0 Å².